The summed E-state index contributed by atoms with van der Waals surface area (Å²) in [5.41, 5.74) is 1.69. The van der Waals surface area contributed by atoms with Crippen molar-refractivity contribution in [2.75, 3.05) is 12.4 Å². The van der Waals surface area contributed by atoms with Gasteiger partial charge < -0.3 is 15.2 Å². The summed E-state index contributed by atoms with van der Waals surface area (Å²) in [5, 5.41) is 11.6. The third kappa shape index (κ3) is 3.21. The molecule has 0 radical (unpaired) electrons. The summed E-state index contributed by atoms with van der Waals surface area (Å²) in [6.45, 7) is 3.35. The lowest BCUT2D eigenvalue weighted by Crippen LogP contribution is -2.26. The fraction of sp³-hybridized carbons (Fsp3) is 0.333. The van der Waals surface area contributed by atoms with Gasteiger partial charge >= 0.3 is 11.9 Å². The molecular weight excluding hydrogens is 222 g/mol. The number of rotatable bonds is 4. The Labute approximate surface area is 99.4 Å². The molecule has 5 nitrogen and oxygen atoms in total. The molecule has 1 atom stereocenters. The number of carboxylic acid groups (broad SMARTS) is 1. The quantitative estimate of drug-likeness (QED) is 0.779. The molecule has 0 aliphatic carbocycles. The molecule has 0 amide bonds. The zero-order chi connectivity index (χ0) is 13.0. The average Bonchev–Trinajstić information content (AvgIpc) is 2.30. The summed E-state index contributed by atoms with van der Waals surface area (Å²) in [7, 11) is 1.29. The van der Waals surface area contributed by atoms with E-state index in [4.69, 9.17) is 5.11 Å². The first-order valence-corrected chi connectivity index (χ1v) is 5.14. The second-order valence-electron chi connectivity index (χ2n) is 3.74. The van der Waals surface area contributed by atoms with Crippen LogP contribution in [0.3, 0.4) is 0 Å². The van der Waals surface area contributed by atoms with E-state index in [1.165, 1.54) is 14.0 Å². The van der Waals surface area contributed by atoms with Gasteiger partial charge in [0.25, 0.3) is 0 Å². The first-order valence-electron chi connectivity index (χ1n) is 5.14. The van der Waals surface area contributed by atoms with Crippen molar-refractivity contribution in [1.82, 2.24) is 0 Å². The molecule has 0 bridgehead atoms. The summed E-state index contributed by atoms with van der Waals surface area (Å²) < 4.78 is 4.65. The highest BCUT2D eigenvalue weighted by Crippen LogP contribution is 2.19. The fourth-order valence-corrected chi connectivity index (χ4v) is 1.36. The molecule has 0 aliphatic rings. The van der Waals surface area contributed by atoms with E-state index in [2.05, 4.69) is 10.1 Å². The van der Waals surface area contributed by atoms with Crippen molar-refractivity contribution in [3.05, 3.63) is 29.3 Å². The molecule has 2 N–H and O–H groups in total. The number of nitrogens with one attached hydrogen (secondary N) is 1. The molecule has 17 heavy (non-hydrogen) atoms. The molecule has 1 aromatic carbocycles. The highest BCUT2D eigenvalue weighted by molar-refractivity contribution is 5.96. The lowest BCUT2D eigenvalue weighted by molar-refractivity contribution is -0.137. The predicted molar refractivity (Wildman–Crippen MR) is 63.2 cm³/mol. The van der Waals surface area contributed by atoms with E-state index in [9.17, 15) is 9.59 Å². The van der Waals surface area contributed by atoms with Crippen LogP contribution in [0, 0.1) is 6.92 Å². The highest BCUT2D eigenvalue weighted by Gasteiger charge is 2.16. The Morgan fingerprint density at radius 3 is 2.59 bits per heavy atom. The number of anilines is 1. The van der Waals surface area contributed by atoms with Gasteiger partial charge in [0.05, 0.1) is 12.7 Å². The lowest BCUT2D eigenvalue weighted by Gasteiger charge is -2.14. The van der Waals surface area contributed by atoms with Crippen molar-refractivity contribution in [2.24, 2.45) is 0 Å². The first kappa shape index (κ1) is 13.0. The van der Waals surface area contributed by atoms with Crippen LogP contribution < -0.4 is 5.32 Å². The van der Waals surface area contributed by atoms with Crippen molar-refractivity contribution >= 4 is 17.6 Å². The average molecular weight is 237 g/mol. The molecule has 0 aromatic heterocycles. The lowest BCUT2D eigenvalue weighted by atomic mass is 10.1. The molecule has 0 fully saturated rings. The van der Waals surface area contributed by atoms with Crippen molar-refractivity contribution in [3.63, 3.8) is 0 Å². The Morgan fingerprint density at radius 2 is 2.06 bits per heavy atom. The molecule has 5 heteroatoms. The maximum atomic E-state index is 11.5. The molecule has 1 aromatic rings. The van der Waals surface area contributed by atoms with Gasteiger partial charge in [-0.1, -0.05) is 11.6 Å². The van der Waals surface area contributed by atoms with Gasteiger partial charge in [-0.3, -0.25) is 4.79 Å². The second-order valence-corrected chi connectivity index (χ2v) is 3.74. The largest absolute Gasteiger partial charge is 0.480 e. The highest BCUT2D eigenvalue weighted by atomic mass is 16.5. The van der Waals surface area contributed by atoms with Crippen LogP contribution in [0.25, 0.3) is 0 Å². The van der Waals surface area contributed by atoms with Gasteiger partial charge in [0.2, 0.25) is 0 Å². The van der Waals surface area contributed by atoms with E-state index >= 15 is 0 Å². The first-order chi connectivity index (χ1) is 7.95. The van der Waals surface area contributed by atoms with Crippen LogP contribution in [0.4, 0.5) is 5.69 Å². The van der Waals surface area contributed by atoms with Crippen LogP contribution in [0.15, 0.2) is 18.2 Å². The second kappa shape index (κ2) is 5.34. The number of esters is 1. The Balaban J connectivity index is 3.06. The van der Waals surface area contributed by atoms with Gasteiger partial charge in [-0.15, -0.1) is 0 Å². The van der Waals surface area contributed by atoms with Crippen molar-refractivity contribution in [3.8, 4) is 0 Å². The molecule has 1 unspecified atom stereocenters. The molecular formula is C12H15NO4. The van der Waals surface area contributed by atoms with Crippen molar-refractivity contribution in [2.45, 2.75) is 19.9 Å². The van der Waals surface area contributed by atoms with Crippen LogP contribution in [0.5, 0.6) is 0 Å². The van der Waals surface area contributed by atoms with E-state index < -0.39 is 18.0 Å². The maximum absolute atomic E-state index is 11.5. The molecule has 1 rings (SSSR count). The number of hydrogen-bond acceptors (Lipinski definition) is 4. The molecule has 0 saturated heterocycles. The number of benzene rings is 1. The summed E-state index contributed by atoms with van der Waals surface area (Å²) >= 11 is 0. The minimum Gasteiger partial charge on any atom is -0.480 e. The SMILES string of the molecule is COC(=O)c1cc(C)ccc1NC(C)C(=O)O. The Morgan fingerprint density at radius 1 is 1.41 bits per heavy atom. The van der Waals surface area contributed by atoms with Crippen LogP contribution in [0.1, 0.15) is 22.8 Å². The van der Waals surface area contributed by atoms with Gasteiger partial charge in [-0.05, 0) is 26.0 Å². The zero-order valence-corrected chi connectivity index (χ0v) is 9.98. The Kier molecular flexibility index (Phi) is 4.09. The van der Waals surface area contributed by atoms with Gasteiger partial charge in [0.1, 0.15) is 6.04 Å². The Bertz CT molecular complexity index is 442. The summed E-state index contributed by atoms with van der Waals surface area (Å²) in [6.07, 6.45) is 0. The molecule has 0 saturated carbocycles. The minimum absolute atomic E-state index is 0.334. The van der Waals surface area contributed by atoms with Gasteiger partial charge in [-0.25, -0.2) is 4.79 Å². The van der Waals surface area contributed by atoms with Crippen molar-refractivity contribution < 1.29 is 19.4 Å². The minimum atomic E-state index is -0.985. The van der Waals surface area contributed by atoms with Crippen molar-refractivity contribution in [1.29, 1.82) is 0 Å². The number of aryl methyl sites for hydroxylation is 1. The zero-order valence-electron chi connectivity index (χ0n) is 9.98. The summed E-state index contributed by atoms with van der Waals surface area (Å²) in [6, 6.07) is 4.34. The van der Waals surface area contributed by atoms with Gasteiger partial charge in [0.15, 0.2) is 0 Å². The molecule has 92 valence electrons. The standard InChI is InChI=1S/C12H15NO4/c1-7-4-5-10(13-8(2)11(14)15)9(6-7)12(16)17-3/h4-6,8,13H,1-3H3,(H,14,15). The molecule has 0 heterocycles. The van der Waals surface area contributed by atoms with E-state index in [1.807, 2.05) is 6.92 Å². The molecule has 0 spiro atoms. The number of ether oxygens (including phenoxy) is 1. The van der Waals surface area contributed by atoms with Crippen LogP contribution in [-0.2, 0) is 9.53 Å². The van der Waals surface area contributed by atoms with Gasteiger partial charge in [-0.2, -0.15) is 0 Å². The van der Waals surface area contributed by atoms with Crippen LogP contribution in [-0.4, -0.2) is 30.2 Å². The normalized spacial score (nSPS) is 11.7. The summed E-state index contributed by atoms with van der Waals surface area (Å²) in [4.78, 5) is 22.3. The molecule has 0 aliphatic heterocycles. The Hall–Kier alpha value is -2.04. The fourth-order valence-electron chi connectivity index (χ4n) is 1.36. The number of hydrogen-bond donors (Lipinski definition) is 2. The third-order valence-corrected chi connectivity index (χ3v) is 2.32. The number of carboxylic acids is 1. The van der Waals surface area contributed by atoms with Crippen LogP contribution >= 0.6 is 0 Å². The third-order valence-electron chi connectivity index (χ3n) is 2.32. The predicted octanol–water partition coefficient (Wildman–Crippen LogP) is 1.67. The maximum Gasteiger partial charge on any atom is 0.339 e. The number of carbonyl (C=O) groups is 2. The van der Waals surface area contributed by atoms with E-state index in [0.717, 1.165) is 5.56 Å². The number of methoxy groups -OCH3 is 1. The van der Waals surface area contributed by atoms with E-state index in [1.54, 1.807) is 18.2 Å². The van der Waals surface area contributed by atoms with E-state index in [0.29, 0.717) is 11.3 Å². The topological polar surface area (TPSA) is 75.6 Å². The van der Waals surface area contributed by atoms with E-state index in [-0.39, 0.29) is 0 Å². The number of aliphatic carboxylic acids is 1. The van der Waals surface area contributed by atoms with Gasteiger partial charge in [0, 0.05) is 5.69 Å². The summed E-state index contributed by atoms with van der Waals surface area (Å²) in [5.74, 6) is -1.48. The smallest absolute Gasteiger partial charge is 0.339 e. The number of carbonyl (C=O) groups excluding carboxylic acids is 1. The monoisotopic (exact) mass is 237 g/mol. The van der Waals surface area contributed by atoms with Crippen LogP contribution in [0.2, 0.25) is 0 Å².